The van der Waals surface area contributed by atoms with Gasteiger partial charge in [0.2, 0.25) is 5.91 Å². The smallest absolute Gasteiger partial charge is 0.257 e. The van der Waals surface area contributed by atoms with E-state index in [1.807, 2.05) is 32.9 Å². The Balaban J connectivity index is 1.96. The number of anilines is 1. The summed E-state index contributed by atoms with van der Waals surface area (Å²) < 4.78 is 10.6. The van der Waals surface area contributed by atoms with Crippen molar-refractivity contribution in [2.75, 3.05) is 19.1 Å². The van der Waals surface area contributed by atoms with Crippen LogP contribution in [0.5, 0.6) is 11.5 Å². The minimum Gasteiger partial charge on any atom is -0.493 e. The number of methoxy groups -OCH3 is 2. The number of carbonyl (C=O) groups is 3. The first kappa shape index (κ1) is 22.3. The monoisotopic (exact) mass is 424 g/mol. The zero-order chi connectivity index (χ0) is 22.7. The van der Waals surface area contributed by atoms with E-state index >= 15 is 0 Å². The van der Waals surface area contributed by atoms with Gasteiger partial charge in [0.1, 0.15) is 6.04 Å². The van der Waals surface area contributed by atoms with Gasteiger partial charge in [0.25, 0.3) is 11.8 Å². The molecule has 3 amide bonds. The van der Waals surface area contributed by atoms with Crippen LogP contribution in [0.4, 0.5) is 5.69 Å². The third kappa shape index (κ3) is 4.26. The first-order valence-corrected chi connectivity index (χ1v) is 10.3. The summed E-state index contributed by atoms with van der Waals surface area (Å²) in [4.78, 5) is 42.3. The van der Waals surface area contributed by atoms with Gasteiger partial charge < -0.3 is 14.4 Å². The Hall–Kier alpha value is -3.35. The van der Waals surface area contributed by atoms with Crippen molar-refractivity contribution in [2.24, 2.45) is 0 Å². The average molecular weight is 424 g/mol. The Morgan fingerprint density at radius 3 is 2.32 bits per heavy atom. The number of hydrogen-bond acceptors (Lipinski definition) is 5. The molecule has 1 heterocycles. The number of carbonyl (C=O) groups excluding carboxylic acids is 3. The maximum Gasteiger partial charge on any atom is 0.257 e. The summed E-state index contributed by atoms with van der Waals surface area (Å²) in [7, 11) is 3.02. The van der Waals surface area contributed by atoms with Crippen LogP contribution in [0.25, 0.3) is 0 Å². The van der Waals surface area contributed by atoms with Crippen LogP contribution in [-0.2, 0) is 9.59 Å². The van der Waals surface area contributed by atoms with Crippen LogP contribution in [-0.4, -0.2) is 48.9 Å². The molecule has 0 bridgehead atoms. The van der Waals surface area contributed by atoms with Gasteiger partial charge in [-0.05, 0) is 50.6 Å². The van der Waals surface area contributed by atoms with Gasteiger partial charge in [-0.15, -0.1) is 0 Å². The third-order valence-electron chi connectivity index (χ3n) is 5.68. The standard InChI is InChI=1S/C24H28N2O5/c1-6-16(3)25(23(28)17-9-12-20(30-4)21(13-17)31-5)19-14-22(27)26(24(19)29)18-10-7-15(2)8-11-18/h7-13,16,19H,6,14H2,1-5H3. The molecule has 0 spiro atoms. The molecule has 0 N–H and O–H groups in total. The molecule has 1 saturated heterocycles. The second-order valence-corrected chi connectivity index (χ2v) is 7.66. The molecule has 7 heteroatoms. The van der Waals surface area contributed by atoms with E-state index in [1.54, 1.807) is 30.3 Å². The Labute approximate surface area is 182 Å². The summed E-state index contributed by atoms with van der Waals surface area (Å²) in [5, 5.41) is 0. The molecule has 0 saturated carbocycles. The maximum atomic E-state index is 13.5. The van der Waals surface area contributed by atoms with Crippen molar-refractivity contribution >= 4 is 23.4 Å². The van der Waals surface area contributed by atoms with Gasteiger partial charge in [-0.2, -0.15) is 0 Å². The summed E-state index contributed by atoms with van der Waals surface area (Å²) in [5.74, 6) is -0.0955. The molecule has 164 valence electrons. The summed E-state index contributed by atoms with van der Waals surface area (Å²) in [6, 6.07) is 11.0. The van der Waals surface area contributed by atoms with Crippen LogP contribution < -0.4 is 14.4 Å². The van der Waals surface area contributed by atoms with Crippen molar-refractivity contribution in [2.45, 2.75) is 45.7 Å². The van der Waals surface area contributed by atoms with Gasteiger partial charge >= 0.3 is 0 Å². The first-order chi connectivity index (χ1) is 14.8. The summed E-state index contributed by atoms with van der Waals surface area (Å²) in [6.45, 7) is 5.76. The zero-order valence-electron chi connectivity index (χ0n) is 18.5. The fourth-order valence-electron chi connectivity index (χ4n) is 3.76. The summed E-state index contributed by atoms with van der Waals surface area (Å²) in [6.07, 6.45) is 0.595. The van der Waals surface area contributed by atoms with E-state index in [4.69, 9.17) is 9.47 Å². The summed E-state index contributed by atoms with van der Waals surface area (Å²) in [5.41, 5.74) is 1.92. The largest absolute Gasteiger partial charge is 0.493 e. The van der Waals surface area contributed by atoms with Gasteiger partial charge in [-0.25, -0.2) is 4.90 Å². The average Bonchev–Trinajstić information content (AvgIpc) is 3.07. The molecule has 7 nitrogen and oxygen atoms in total. The van der Waals surface area contributed by atoms with E-state index in [-0.39, 0.29) is 30.2 Å². The van der Waals surface area contributed by atoms with Gasteiger partial charge in [0, 0.05) is 11.6 Å². The number of ether oxygens (including phenoxy) is 2. The van der Waals surface area contributed by atoms with Crippen LogP contribution in [0.2, 0.25) is 0 Å². The predicted molar refractivity (Wildman–Crippen MR) is 118 cm³/mol. The fraction of sp³-hybridized carbons (Fsp3) is 0.375. The Bertz CT molecular complexity index is 986. The highest BCUT2D eigenvalue weighted by Crippen LogP contribution is 2.31. The lowest BCUT2D eigenvalue weighted by Gasteiger charge is -2.33. The summed E-state index contributed by atoms with van der Waals surface area (Å²) >= 11 is 0. The normalized spacial score (nSPS) is 16.9. The first-order valence-electron chi connectivity index (χ1n) is 10.3. The third-order valence-corrected chi connectivity index (χ3v) is 5.68. The van der Waals surface area contributed by atoms with Crippen LogP contribution >= 0.6 is 0 Å². The molecule has 1 aliphatic heterocycles. The highest BCUT2D eigenvalue weighted by atomic mass is 16.5. The van der Waals surface area contributed by atoms with Crippen molar-refractivity contribution in [3.63, 3.8) is 0 Å². The molecule has 3 rings (SSSR count). The Kier molecular flexibility index (Phi) is 6.63. The molecular weight excluding hydrogens is 396 g/mol. The number of imide groups is 1. The van der Waals surface area contributed by atoms with E-state index in [0.717, 1.165) is 5.56 Å². The number of hydrogen-bond donors (Lipinski definition) is 0. The van der Waals surface area contributed by atoms with E-state index in [9.17, 15) is 14.4 Å². The molecule has 2 unspecified atom stereocenters. The second-order valence-electron chi connectivity index (χ2n) is 7.66. The molecule has 0 aromatic heterocycles. The number of nitrogens with zero attached hydrogens (tertiary/aromatic N) is 2. The minimum atomic E-state index is -0.857. The molecule has 2 atom stereocenters. The van der Waals surface area contributed by atoms with Crippen molar-refractivity contribution in [3.8, 4) is 11.5 Å². The zero-order valence-corrected chi connectivity index (χ0v) is 18.5. The quantitative estimate of drug-likeness (QED) is 0.635. The van der Waals surface area contributed by atoms with E-state index < -0.39 is 6.04 Å². The lowest BCUT2D eigenvalue weighted by molar-refractivity contribution is -0.122. The lowest BCUT2D eigenvalue weighted by Crippen LogP contribution is -2.49. The highest BCUT2D eigenvalue weighted by Gasteiger charge is 2.45. The van der Waals surface area contributed by atoms with E-state index in [1.165, 1.54) is 24.0 Å². The van der Waals surface area contributed by atoms with Crippen LogP contribution in [0.15, 0.2) is 42.5 Å². The molecule has 0 radical (unpaired) electrons. The molecular formula is C24H28N2O5. The Morgan fingerprint density at radius 1 is 1.10 bits per heavy atom. The van der Waals surface area contributed by atoms with Crippen molar-refractivity contribution in [3.05, 3.63) is 53.6 Å². The van der Waals surface area contributed by atoms with Crippen LogP contribution in [0.1, 0.15) is 42.6 Å². The van der Waals surface area contributed by atoms with Crippen LogP contribution in [0.3, 0.4) is 0 Å². The SMILES string of the molecule is CCC(C)N(C(=O)c1ccc(OC)c(OC)c1)C1CC(=O)N(c2ccc(C)cc2)C1=O. The van der Waals surface area contributed by atoms with Gasteiger partial charge in [-0.3, -0.25) is 14.4 Å². The molecule has 0 aliphatic carbocycles. The second kappa shape index (κ2) is 9.20. The lowest BCUT2D eigenvalue weighted by atomic mass is 10.1. The van der Waals surface area contributed by atoms with Crippen LogP contribution in [0, 0.1) is 6.92 Å². The van der Waals surface area contributed by atoms with E-state index in [0.29, 0.717) is 29.2 Å². The van der Waals surface area contributed by atoms with Crippen molar-refractivity contribution in [1.82, 2.24) is 4.90 Å². The minimum absolute atomic E-state index is 0.0456. The number of benzene rings is 2. The van der Waals surface area contributed by atoms with Gasteiger partial charge in [-0.1, -0.05) is 24.6 Å². The number of rotatable bonds is 7. The molecule has 2 aromatic carbocycles. The fourth-order valence-corrected chi connectivity index (χ4v) is 3.76. The molecule has 1 aliphatic rings. The highest BCUT2D eigenvalue weighted by molar-refractivity contribution is 6.23. The van der Waals surface area contributed by atoms with Crippen molar-refractivity contribution < 1.29 is 23.9 Å². The number of amides is 3. The topological polar surface area (TPSA) is 76.2 Å². The predicted octanol–water partition coefficient (Wildman–Crippen LogP) is 3.59. The Morgan fingerprint density at radius 2 is 1.74 bits per heavy atom. The number of aryl methyl sites for hydroxylation is 1. The molecule has 2 aromatic rings. The molecule has 1 fully saturated rings. The van der Waals surface area contributed by atoms with Crippen molar-refractivity contribution in [1.29, 1.82) is 0 Å². The maximum absolute atomic E-state index is 13.5. The molecule has 31 heavy (non-hydrogen) atoms. The van der Waals surface area contributed by atoms with Gasteiger partial charge in [0.05, 0.1) is 26.3 Å². The van der Waals surface area contributed by atoms with Gasteiger partial charge in [0.15, 0.2) is 11.5 Å². The van der Waals surface area contributed by atoms with E-state index in [2.05, 4.69) is 0 Å².